The molecule has 0 N–H and O–H groups in total. The molecule has 2 aromatic rings. The van der Waals surface area contributed by atoms with Crippen molar-refractivity contribution in [1.82, 2.24) is 4.90 Å². The molecule has 0 atom stereocenters. The molecule has 0 unspecified atom stereocenters. The zero-order chi connectivity index (χ0) is 23.4. The minimum atomic E-state index is -4.19. The molecule has 0 aliphatic heterocycles. The summed E-state index contributed by atoms with van der Waals surface area (Å²) in [7, 11) is -2.79. The van der Waals surface area contributed by atoms with Crippen molar-refractivity contribution < 1.29 is 26.5 Å². The van der Waals surface area contributed by atoms with Gasteiger partial charge in [0, 0.05) is 19.0 Å². The Morgan fingerprint density at radius 1 is 1.06 bits per heavy atom. The summed E-state index contributed by atoms with van der Waals surface area (Å²) in [6, 6.07) is 9.22. The highest BCUT2D eigenvalue weighted by Gasteiger charge is 2.24. The predicted octanol–water partition coefficient (Wildman–Crippen LogP) is 4.78. The molecule has 2 rings (SSSR count). The topological polar surface area (TPSA) is 72.9 Å². The number of carbonyl (C=O) groups is 1. The Morgan fingerprint density at radius 2 is 1.68 bits per heavy atom. The van der Waals surface area contributed by atoms with Crippen LogP contribution in [-0.4, -0.2) is 32.4 Å². The molecule has 2 aromatic carbocycles. The molecule has 0 fully saturated rings. The highest BCUT2D eigenvalue weighted by atomic mass is 32.2. The third-order valence-corrected chi connectivity index (χ3v) is 5.76. The van der Waals surface area contributed by atoms with Crippen LogP contribution in [0.2, 0.25) is 0 Å². The van der Waals surface area contributed by atoms with Crippen molar-refractivity contribution in [2.75, 3.05) is 7.11 Å². The molecular weight excluding hydrogens is 421 g/mol. The zero-order valence-corrected chi connectivity index (χ0v) is 19.6. The summed E-state index contributed by atoms with van der Waals surface area (Å²) in [6.07, 6.45) is 0.392. The Hall–Kier alpha value is -2.61. The smallest absolute Gasteiger partial charge is 0.339 e. The molecule has 6 nitrogen and oxygen atoms in total. The van der Waals surface area contributed by atoms with Crippen LogP contribution in [0.5, 0.6) is 11.5 Å². The van der Waals surface area contributed by atoms with Crippen LogP contribution < -0.4 is 8.92 Å². The van der Waals surface area contributed by atoms with Crippen molar-refractivity contribution >= 4 is 16.0 Å². The van der Waals surface area contributed by atoms with E-state index in [1.807, 2.05) is 34.6 Å². The molecule has 170 valence electrons. The van der Waals surface area contributed by atoms with Gasteiger partial charge < -0.3 is 13.8 Å². The van der Waals surface area contributed by atoms with Gasteiger partial charge in [-0.2, -0.15) is 8.42 Å². The minimum absolute atomic E-state index is 0.00342. The minimum Gasteiger partial charge on any atom is -0.493 e. The van der Waals surface area contributed by atoms with Gasteiger partial charge in [0.25, 0.3) is 0 Å². The summed E-state index contributed by atoms with van der Waals surface area (Å²) in [4.78, 5) is 14.4. The number of hydrogen-bond acceptors (Lipinski definition) is 5. The highest BCUT2D eigenvalue weighted by Crippen LogP contribution is 2.32. The SMILES string of the molecule is COc1ccc(CN(C(=O)CC(C)(C)C)C(C)C)cc1OS(=O)(=O)c1ccc(F)cc1. The predicted molar refractivity (Wildman–Crippen MR) is 117 cm³/mol. The Morgan fingerprint density at radius 3 is 2.19 bits per heavy atom. The summed E-state index contributed by atoms with van der Waals surface area (Å²) in [5.74, 6) is -0.310. The molecule has 1 amide bonds. The quantitative estimate of drug-likeness (QED) is 0.541. The average Bonchev–Trinajstić information content (AvgIpc) is 2.64. The van der Waals surface area contributed by atoms with Crippen molar-refractivity contribution in [3.63, 3.8) is 0 Å². The number of hydrogen-bond donors (Lipinski definition) is 0. The van der Waals surface area contributed by atoms with Gasteiger partial charge in [-0.15, -0.1) is 0 Å². The van der Waals surface area contributed by atoms with E-state index in [4.69, 9.17) is 8.92 Å². The second-order valence-electron chi connectivity index (χ2n) is 8.83. The molecular formula is C23H30FNO5S. The van der Waals surface area contributed by atoms with E-state index in [9.17, 15) is 17.6 Å². The van der Waals surface area contributed by atoms with E-state index in [0.29, 0.717) is 18.5 Å². The number of benzene rings is 2. The van der Waals surface area contributed by atoms with Crippen molar-refractivity contribution in [3.05, 3.63) is 53.8 Å². The molecule has 0 bridgehead atoms. The van der Waals surface area contributed by atoms with Gasteiger partial charge in [0.15, 0.2) is 11.5 Å². The summed E-state index contributed by atoms with van der Waals surface area (Å²) in [5, 5.41) is 0. The van der Waals surface area contributed by atoms with Gasteiger partial charge in [0.1, 0.15) is 10.7 Å². The van der Waals surface area contributed by atoms with E-state index in [-0.39, 0.29) is 33.8 Å². The fourth-order valence-corrected chi connectivity index (χ4v) is 3.90. The van der Waals surface area contributed by atoms with Gasteiger partial charge in [0.05, 0.1) is 7.11 Å². The van der Waals surface area contributed by atoms with Gasteiger partial charge in [-0.3, -0.25) is 4.79 Å². The first-order valence-electron chi connectivity index (χ1n) is 9.99. The lowest BCUT2D eigenvalue weighted by Gasteiger charge is -2.30. The first-order valence-corrected chi connectivity index (χ1v) is 11.4. The molecule has 0 aliphatic rings. The fraction of sp³-hybridized carbons (Fsp3) is 0.435. The third kappa shape index (κ3) is 6.95. The molecule has 0 heterocycles. The van der Waals surface area contributed by atoms with Crippen LogP contribution in [0.4, 0.5) is 4.39 Å². The van der Waals surface area contributed by atoms with Crippen molar-refractivity contribution in [1.29, 1.82) is 0 Å². The molecule has 0 saturated heterocycles. The number of nitrogens with zero attached hydrogens (tertiary/aromatic N) is 1. The first-order chi connectivity index (χ1) is 14.3. The van der Waals surface area contributed by atoms with Gasteiger partial charge in [0.2, 0.25) is 5.91 Å². The zero-order valence-electron chi connectivity index (χ0n) is 18.8. The van der Waals surface area contributed by atoms with Crippen molar-refractivity contribution in [3.8, 4) is 11.5 Å². The lowest BCUT2D eigenvalue weighted by atomic mass is 9.91. The molecule has 0 saturated carbocycles. The summed E-state index contributed by atoms with van der Waals surface area (Å²) in [5.41, 5.74) is 0.544. The molecule has 0 aromatic heterocycles. The molecule has 0 radical (unpaired) electrons. The number of ether oxygens (including phenoxy) is 1. The first kappa shape index (κ1) is 24.7. The number of carbonyl (C=O) groups excluding carboxylic acids is 1. The van der Waals surface area contributed by atoms with E-state index in [1.165, 1.54) is 7.11 Å². The normalized spacial score (nSPS) is 12.0. The summed E-state index contributed by atoms with van der Waals surface area (Å²) >= 11 is 0. The molecule has 31 heavy (non-hydrogen) atoms. The van der Waals surface area contributed by atoms with Gasteiger partial charge in [-0.25, -0.2) is 4.39 Å². The van der Waals surface area contributed by atoms with Crippen LogP contribution >= 0.6 is 0 Å². The largest absolute Gasteiger partial charge is 0.493 e. The van der Waals surface area contributed by atoms with Crippen LogP contribution in [-0.2, 0) is 21.5 Å². The average molecular weight is 452 g/mol. The van der Waals surface area contributed by atoms with E-state index >= 15 is 0 Å². The second kappa shape index (κ2) is 9.68. The lowest BCUT2D eigenvalue weighted by molar-refractivity contribution is -0.135. The van der Waals surface area contributed by atoms with Crippen LogP contribution in [0.3, 0.4) is 0 Å². The number of amides is 1. The lowest BCUT2D eigenvalue weighted by Crippen LogP contribution is -2.38. The van der Waals surface area contributed by atoms with Gasteiger partial charge in [-0.1, -0.05) is 26.8 Å². The number of rotatable bonds is 8. The van der Waals surface area contributed by atoms with Gasteiger partial charge in [-0.05, 0) is 61.2 Å². The van der Waals surface area contributed by atoms with Crippen LogP contribution in [0, 0.1) is 11.2 Å². The number of methoxy groups -OCH3 is 1. The Balaban J connectivity index is 2.32. The van der Waals surface area contributed by atoms with E-state index in [2.05, 4.69) is 0 Å². The Labute approximate surface area is 184 Å². The molecule has 8 heteroatoms. The molecule has 0 aliphatic carbocycles. The number of halogens is 1. The summed E-state index contributed by atoms with van der Waals surface area (Å²) < 4.78 is 48.9. The second-order valence-corrected chi connectivity index (χ2v) is 10.4. The standard InChI is InChI=1S/C23H30FNO5S/c1-16(2)25(22(26)14-23(3,4)5)15-17-7-12-20(29-6)21(13-17)30-31(27,28)19-10-8-18(24)9-11-19/h7-13,16H,14-15H2,1-6H3. The van der Waals surface area contributed by atoms with E-state index < -0.39 is 15.9 Å². The maximum Gasteiger partial charge on any atom is 0.339 e. The maximum absolute atomic E-state index is 13.1. The monoisotopic (exact) mass is 451 g/mol. The Kier molecular flexibility index (Phi) is 7.70. The van der Waals surface area contributed by atoms with E-state index in [1.54, 1.807) is 23.1 Å². The fourth-order valence-electron chi connectivity index (χ4n) is 2.96. The summed E-state index contributed by atoms with van der Waals surface area (Å²) in [6.45, 7) is 10.2. The van der Waals surface area contributed by atoms with Crippen LogP contribution in [0.15, 0.2) is 47.4 Å². The molecule has 0 spiro atoms. The van der Waals surface area contributed by atoms with Crippen LogP contribution in [0.25, 0.3) is 0 Å². The third-order valence-electron chi connectivity index (χ3n) is 4.51. The van der Waals surface area contributed by atoms with E-state index in [0.717, 1.165) is 24.3 Å². The van der Waals surface area contributed by atoms with Gasteiger partial charge >= 0.3 is 10.1 Å². The highest BCUT2D eigenvalue weighted by molar-refractivity contribution is 7.87. The Bertz CT molecular complexity index is 1010. The maximum atomic E-state index is 13.1. The van der Waals surface area contributed by atoms with Crippen molar-refractivity contribution in [2.45, 2.75) is 58.5 Å². The van der Waals surface area contributed by atoms with Crippen LogP contribution in [0.1, 0.15) is 46.6 Å². The van der Waals surface area contributed by atoms with Crippen molar-refractivity contribution in [2.24, 2.45) is 5.41 Å².